The minimum Gasteiger partial charge on any atom is -0.488 e. The van der Waals surface area contributed by atoms with Crippen LogP contribution in [0.5, 0.6) is 5.75 Å². The normalized spacial score (nSPS) is 12.0. The molecule has 0 fully saturated rings. The Kier molecular flexibility index (Phi) is 6.18. The molecule has 0 bridgehead atoms. The van der Waals surface area contributed by atoms with Crippen LogP contribution in [0.25, 0.3) is 0 Å². The maximum atomic E-state index is 13.4. The molecule has 1 atom stereocenters. The molecule has 22 heavy (non-hydrogen) atoms. The summed E-state index contributed by atoms with van der Waals surface area (Å²) in [5, 5.41) is 19.2. The first kappa shape index (κ1) is 16.3. The topological polar surface area (TPSA) is 52.9 Å². The van der Waals surface area contributed by atoms with Crippen molar-refractivity contribution in [3.63, 3.8) is 0 Å². The summed E-state index contributed by atoms with van der Waals surface area (Å²) in [4.78, 5) is 1.86. The Morgan fingerprint density at radius 1 is 1.05 bits per heavy atom. The summed E-state index contributed by atoms with van der Waals surface area (Å²) >= 11 is 0. The van der Waals surface area contributed by atoms with Crippen LogP contribution in [-0.2, 0) is 0 Å². The Bertz CT molecular complexity index is 565. The standard InChI is InChI=1S/C17H20FNO3/c18-16-8-4-5-9-17(16)22-13-15(21)12-19(10-11-20)14-6-2-1-3-7-14/h1-9,15,20-21H,10-13H2. The van der Waals surface area contributed by atoms with Crippen LogP contribution < -0.4 is 9.64 Å². The number of ether oxygens (including phenoxy) is 1. The summed E-state index contributed by atoms with van der Waals surface area (Å²) < 4.78 is 18.7. The van der Waals surface area contributed by atoms with Crippen LogP contribution >= 0.6 is 0 Å². The largest absolute Gasteiger partial charge is 0.488 e. The van der Waals surface area contributed by atoms with Gasteiger partial charge in [0.05, 0.1) is 6.61 Å². The Labute approximate surface area is 129 Å². The minimum atomic E-state index is -0.800. The zero-order chi connectivity index (χ0) is 15.8. The lowest BCUT2D eigenvalue weighted by Gasteiger charge is -2.26. The van der Waals surface area contributed by atoms with Crippen LogP contribution in [0.4, 0.5) is 10.1 Å². The maximum Gasteiger partial charge on any atom is 0.165 e. The molecule has 0 aromatic heterocycles. The maximum absolute atomic E-state index is 13.4. The number of benzene rings is 2. The predicted molar refractivity (Wildman–Crippen MR) is 83.6 cm³/mol. The Morgan fingerprint density at radius 3 is 2.41 bits per heavy atom. The van der Waals surface area contributed by atoms with Crippen LogP contribution in [0.1, 0.15) is 0 Å². The van der Waals surface area contributed by atoms with Crippen molar-refractivity contribution in [1.29, 1.82) is 0 Å². The summed E-state index contributed by atoms with van der Waals surface area (Å²) in [5.74, 6) is -0.333. The Balaban J connectivity index is 1.91. The van der Waals surface area contributed by atoms with E-state index in [2.05, 4.69) is 0 Å². The van der Waals surface area contributed by atoms with Gasteiger partial charge in [-0.05, 0) is 24.3 Å². The van der Waals surface area contributed by atoms with Gasteiger partial charge in [0.2, 0.25) is 0 Å². The van der Waals surface area contributed by atoms with Crippen molar-refractivity contribution in [2.24, 2.45) is 0 Å². The predicted octanol–water partition coefficient (Wildman–Crippen LogP) is 2.06. The molecule has 0 amide bonds. The molecule has 0 saturated carbocycles. The molecule has 2 N–H and O–H groups in total. The lowest BCUT2D eigenvalue weighted by molar-refractivity contribution is 0.109. The van der Waals surface area contributed by atoms with Gasteiger partial charge in [-0.15, -0.1) is 0 Å². The van der Waals surface area contributed by atoms with Crippen LogP contribution in [0.3, 0.4) is 0 Å². The van der Waals surface area contributed by atoms with Crippen molar-refractivity contribution >= 4 is 5.69 Å². The molecule has 118 valence electrons. The van der Waals surface area contributed by atoms with Crippen molar-refractivity contribution < 1.29 is 19.3 Å². The van der Waals surface area contributed by atoms with Crippen molar-refractivity contribution in [3.8, 4) is 5.75 Å². The van der Waals surface area contributed by atoms with Crippen LogP contribution in [0.15, 0.2) is 54.6 Å². The second-order valence-electron chi connectivity index (χ2n) is 4.90. The molecule has 0 radical (unpaired) electrons. The van der Waals surface area contributed by atoms with E-state index in [0.717, 1.165) is 5.69 Å². The fourth-order valence-electron chi connectivity index (χ4n) is 2.14. The third kappa shape index (κ3) is 4.72. The van der Waals surface area contributed by atoms with Crippen LogP contribution in [0, 0.1) is 5.82 Å². The first-order valence-corrected chi connectivity index (χ1v) is 7.17. The van der Waals surface area contributed by atoms with E-state index in [4.69, 9.17) is 9.84 Å². The van der Waals surface area contributed by atoms with Gasteiger partial charge in [-0.1, -0.05) is 30.3 Å². The average molecular weight is 305 g/mol. The number of para-hydroxylation sites is 2. The lowest BCUT2D eigenvalue weighted by atomic mass is 10.2. The van der Waals surface area contributed by atoms with Gasteiger partial charge in [-0.3, -0.25) is 0 Å². The van der Waals surface area contributed by atoms with E-state index < -0.39 is 11.9 Å². The summed E-state index contributed by atoms with van der Waals surface area (Å²) in [7, 11) is 0. The minimum absolute atomic E-state index is 0.0181. The van der Waals surface area contributed by atoms with Crippen LogP contribution in [-0.4, -0.2) is 42.6 Å². The highest BCUT2D eigenvalue weighted by Gasteiger charge is 2.13. The first-order chi connectivity index (χ1) is 10.7. The van der Waals surface area contributed by atoms with E-state index in [1.807, 2.05) is 35.2 Å². The average Bonchev–Trinajstić information content (AvgIpc) is 2.54. The molecule has 2 rings (SSSR count). The zero-order valence-electron chi connectivity index (χ0n) is 12.2. The molecule has 0 saturated heterocycles. The van der Waals surface area contributed by atoms with E-state index in [9.17, 15) is 9.50 Å². The molecule has 4 nitrogen and oxygen atoms in total. The van der Waals surface area contributed by atoms with Crippen molar-refractivity contribution in [1.82, 2.24) is 0 Å². The molecule has 1 unspecified atom stereocenters. The van der Waals surface area contributed by atoms with E-state index >= 15 is 0 Å². The lowest BCUT2D eigenvalue weighted by Crippen LogP contribution is -2.37. The van der Waals surface area contributed by atoms with Gasteiger partial charge in [0.15, 0.2) is 11.6 Å². The first-order valence-electron chi connectivity index (χ1n) is 7.17. The molecule has 2 aromatic carbocycles. The fourth-order valence-corrected chi connectivity index (χ4v) is 2.14. The zero-order valence-corrected chi connectivity index (χ0v) is 12.2. The smallest absolute Gasteiger partial charge is 0.165 e. The molecule has 0 spiro atoms. The monoisotopic (exact) mass is 305 g/mol. The van der Waals surface area contributed by atoms with Gasteiger partial charge in [0, 0.05) is 18.8 Å². The number of anilines is 1. The van der Waals surface area contributed by atoms with Gasteiger partial charge in [-0.2, -0.15) is 0 Å². The fraction of sp³-hybridized carbons (Fsp3) is 0.294. The molecule has 5 heteroatoms. The summed E-state index contributed by atoms with van der Waals surface area (Å²) in [5.41, 5.74) is 0.904. The highest BCUT2D eigenvalue weighted by Crippen LogP contribution is 2.16. The highest BCUT2D eigenvalue weighted by atomic mass is 19.1. The molecule has 0 heterocycles. The molecular weight excluding hydrogens is 285 g/mol. The molecule has 0 aliphatic heterocycles. The molecule has 0 aliphatic rings. The summed E-state index contributed by atoms with van der Waals surface area (Å²) in [6.45, 7) is 0.658. The Hall–Kier alpha value is -2.11. The van der Waals surface area contributed by atoms with Crippen molar-refractivity contribution in [3.05, 3.63) is 60.4 Å². The summed E-state index contributed by atoms with van der Waals surface area (Å²) in [6.07, 6.45) is -0.800. The number of halogens is 1. The van der Waals surface area contributed by atoms with Gasteiger partial charge < -0.3 is 19.8 Å². The van der Waals surface area contributed by atoms with Gasteiger partial charge in [0.25, 0.3) is 0 Å². The number of rotatable bonds is 8. The molecule has 2 aromatic rings. The third-order valence-electron chi connectivity index (χ3n) is 3.19. The van der Waals surface area contributed by atoms with Crippen LogP contribution in [0.2, 0.25) is 0 Å². The van der Waals surface area contributed by atoms with Gasteiger partial charge in [0.1, 0.15) is 12.7 Å². The van der Waals surface area contributed by atoms with Crippen molar-refractivity contribution in [2.45, 2.75) is 6.10 Å². The van der Waals surface area contributed by atoms with E-state index in [1.54, 1.807) is 12.1 Å². The second kappa shape index (κ2) is 8.36. The number of nitrogens with zero attached hydrogens (tertiary/aromatic N) is 1. The third-order valence-corrected chi connectivity index (χ3v) is 3.19. The second-order valence-corrected chi connectivity index (χ2v) is 4.90. The SMILES string of the molecule is OCCN(CC(O)COc1ccccc1F)c1ccccc1. The summed E-state index contributed by atoms with van der Waals surface area (Å²) in [6, 6.07) is 15.6. The number of aliphatic hydroxyl groups is 2. The number of aliphatic hydroxyl groups excluding tert-OH is 2. The van der Waals surface area contributed by atoms with Gasteiger partial charge >= 0.3 is 0 Å². The highest BCUT2D eigenvalue weighted by molar-refractivity contribution is 5.46. The van der Waals surface area contributed by atoms with Gasteiger partial charge in [-0.25, -0.2) is 4.39 Å². The quantitative estimate of drug-likeness (QED) is 0.784. The van der Waals surface area contributed by atoms with E-state index in [0.29, 0.717) is 13.1 Å². The Morgan fingerprint density at radius 2 is 1.73 bits per heavy atom. The van der Waals surface area contributed by atoms with Crippen molar-refractivity contribution in [2.75, 3.05) is 31.2 Å². The number of hydrogen-bond acceptors (Lipinski definition) is 4. The number of hydrogen-bond donors (Lipinski definition) is 2. The molecule has 0 aliphatic carbocycles. The molecular formula is C17H20FNO3. The van der Waals surface area contributed by atoms with E-state index in [-0.39, 0.29) is 19.0 Å². The van der Waals surface area contributed by atoms with E-state index in [1.165, 1.54) is 12.1 Å².